The summed E-state index contributed by atoms with van der Waals surface area (Å²) in [5.74, 6) is 0. The monoisotopic (exact) mass is 379 g/mol. The normalized spacial score (nSPS) is 15.1. The molecule has 0 aliphatic rings. The molecule has 0 radical (unpaired) electrons. The molecule has 0 fully saturated rings. The van der Waals surface area contributed by atoms with Gasteiger partial charge in [-0.25, -0.2) is 0 Å². The van der Waals surface area contributed by atoms with Crippen molar-refractivity contribution < 1.29 is 13.6 Å². The molecular weight excluding hydrogens is 352 g/mol. The quantitative estimate of drug-likeness (QED) is 0.489. The van der Waals surface area contributed by atoms with Gasteiger partial charge in [-0.15, -0.1) is 0 Å². The second-order valence-electron chi connectivity index (χ2n) is 4.90. The maximum absolute atomic E-state index is 13.2. The summed E-state index contributed by atoms with van der Waals surface area (Å²) in [6.07, 6.45) is 0. The third-order valence-corrected chi connectivity index (χ3v) is 10.1. The fourth-order valence-electron chi connectivity index (χ4n) is 1.86. The Hall–Kier alpha value is -0.151. The van der Waals surface area contributed by atoms with Gasteiger partial charge in [0, 0.05) is 0 Å². The van der Waals surface area contributed by atoms with E-state index >= 15 is 0 Å². The fraction of sp³-hybridized carbons (Fsp3) is 0.600. The molecule has 6 heteroatoms. The summed E-state index contributed by atoms with van der Waals surface area (Å²) in [7, 11) is 0.883. The molecule has 0 saturated carbocycles. The number of nitrogens with zero attached hydrogens (tertiary/aromatic N) is 1. The van der Waals surface area contributed by atoms with Crippen LogP contribution in [0.5, 0.6) is 0 Å². The zero-order valence-electron chi connectivity index (χ0n) is 13.5. The molecule has 0 aliphatic heterocycles. The zero-order chi connectivity index (χ0) is 15.9. The maximum atomic E-state index is 13.2. The van der Waals surface area contributed by atoms with Crippen LogP contribution in [0.2, 0.25) is 0 Å². The number of hydrogen-bond donors (Lipinski definition) is 0. The second-order valence-corrected chi connectivity index (χ2v) is 10.4. The van der Waals surface area contributed by atoms with Gasteiger partial charge in [-0.05, 0) is 0 Å². The van der Waals surface area contributed by atoms with Gasteiger partial charge in [0.15, 0.2) is 0 Å². The third kappa shape index (κ3) is 5.52. The van der Waals surface area contributed by atoms with Gasteiger partial charge in [0.25, 0.3) is 0 Å². The van der Waals surface area contributed by atoms with E-state index in [9.17, 15) is 4.57 Å². The fourth-order valence-corrected chi connectivity index (χ4v) is 8.26. The van der Waals surface area contributed by atoms with Crippen LogP contribution in [0.3, 0.4) is 0 Å². The van der Waals surface area contributed by atoms with Crippen LogP contribution < -0.4 is 4.46 Å². The van der Waals surface area contributed by atoms with E-state index in [1.165, 1.54) is 4.46 Å². The Morgan fingerprint density at radius 2 is 1.67 bits per heavy atom. The summed E-state index contributed by atoms with van der Waals surface area (Å²) in [5.41, 5.74) is 0. The van der Waals surface area contributed by atoms with Crippen LogP contribution in [-0.2, 0) is 13.6 Å². The van der Waals surface area contributed by atoms with Crippen molar-refractivity contribution in [3.63, 3.8) is 0 Å². The summed E-state index contributed by atoms with van der Waals surface area (Å²) in [4.78, 5) is 2.08. The van der Waals surface area contributed by atoms with Crippen molar-refractivity contribution in [1.82, 2.24) is 4.90 Å². The van der Waals surface area contributed by atoms with E-state index in [4.69, 9.17) is 9.05 Å². The minimum atomic E-state index is -3.12. The van der Waals surface area contributed by atoms with E-state index in [-0.39, 0.29) is 25.6 Å². The van der Waals surface area contributed by atoms with Crippen LogP contribution in [-0.4, -0.2) is 57.8 Å². The SMILES string of the molecule is CCOP(=O)(OCC)C([Se]c1ccccc1)C(C)N(C)C. The van der Waals surface area contributed by atoms with Crippen LogP contribution in [0.1, 0.15) is 20.8 Å². The Labute approximate surface area is 134 Å². The molecule has 1 rings (SSSR count). The topological polar surface area (TPSA) is 38.8 Å². The first-order valence-electron chi connectivity index (χ1n) is 7.21. The first-order chi connectivity index (χ1) is 9.94. The van der Waals surface area contributed by atoms with E-state index in [1.807, 2.05) is 46.1 Å². The summed E-state index contributed by atoms with van der Waals surface area (Å²) < 4.78 is 25.5. The van der Waals surface area contributed by atoms with Crippen molar-refractivity contribution in [2.24, 2.45) is 0 Å². The van der Waals surface area contributed by atoms with Gasteiger partial charge in [0.1, 0.15) is 0 Å². The van der Waals surface area contributed by atoms with Crippen LogP contribution >= 0.6 is 7.60 Å². The summed E-state index contributed by atoms with van der Waals surface area (Å²) in [5, 5.41) is 0. The molecule has 0 heterocycles. The number of benzene rings is 1. The Balaban J connectivity index is 3.08. The van der Waals surface area contributed by atoms with E-state index < -0.39 is 7.60 Å². The number of rotatable bonds is 9. The molecule has 0 spiro atoms. The molecule has 0 bridgehead atoms. The van der Waals surface area contributed by atoms with Crippen molar-refractivity contribution in [3.05, 3.63) is 30.3 Å². The molecule has 0 amide bonds. The molecule has 1 aromatic carbocycles. The molecule has 0 aliphatic carbocycles. The molecule has 0 saturated heterocycles. The van der Waals surface area contributed by atoms with Crippen molar-refractivity contribution in [1.29, 1.82) is 0 Å². The van der Waals surface area contributed by atoms with Gasteiger partial charge < -0.3 is 0 Å². The third-order valence-electron chi connectivity index (χ3n) is 3.16. The molecule has 1 aromatic rings. The Morgan fingerprint density at radius 3 is 2.10 bits per heavy atom. The minimum absolute atomic E-state index is 0.0187. The van der Waals surface area contributed by atoms with Crippen LogP contribution in [0.25, 0.3) is 0 Å². The Kier molecular flexibility index (Phi) is 8.18. The summed E-state index contributed by atoms with van der Waals surface area (Å²) in [6.45, 7) is 6.61. The van der Waals surface area contributed by atoms with E-state index in [0.29, 0.717) is 13.2 Å². The first-order valence-corrected chi connectivity index (χ1v) is 10.7. The van der Waals surface area contributed by atoms with Crippen LogP contribution in [0.4, 0.5) is 0 Å². The molecule has 2 atom stereocenters. The van der Waals surface area contributed by atoms with E-state index in [0.717, 1.165) is 0 Å². The average Bonchev–Trinajstić information content (AvgIpc) is 2.45. The predicted octanol–water partition coefficient (Wildman–Crippen LogP) is 2.56. The molecule has 21 heavy (non-hydrogen) atoms. The van der Waals surface area contributed by atoms with Gasteiger partial charge in [-0.1, -0.05) is 0 Å². The number of hydrogen-bond acceptors (Lipinski definition) is 4. The summed E-state index contributed by atoms with van der Waals surface area (Å²) >= 11 is 0.0187. The molecule has 0 aromatic heterocycles. The van der Waals surface area contributed by atoms with E-state index in [2.05, 4.69) is 24.0 Å². The van der Waals surface area contributed by atoms with Crippen LogP contribution in [0.15, 0.2) is 30.3 Å². The standard InChI is InChI=1S/C15H26NO3PSe/c1-6-18-20(17,19-7-2)15(13(3)16(4)5)21-14-11-9-8-10-12-14/h8-13,15H,6-7H2,1-5H3. The zero-order valence-corrected chi connectivity index (χ0v) is 16.1. The van der Waals surface area contributed by atoms with Crippen molar-refractivity contribution >= 4 is 27.0 Å². The van der Waals surface area contributed by atoms with Gasteiger partial charge in [-0.3, -0.25) is 0 Å². The molecule has 120 valence electrons. The predicted molar refractivity (Wildman–Crippen MR) is 89.6 cm³/mol. The van der Waals surface area contributed by atoms with Gasteiger partial charge in [-0.2, -0.15) is 0 Å². The molecule has 4 nitrogen and oxygen atoms in total. The van der Waals surface area contributed by atoms with Crippen molar-refractivity contribution in [2.45, 2.75) is 31.4 Å². The average molecular weight is 378 g/mol. The van der Waals surface area contributed by atoms with Gasteiger partial charge in [0.05, 0.1) is 0 Å². The first kappa shape index (κ1) is 18.9. The second kappa shape index (κ2) is 9.09. The van der Waals surface area contributed by atoms with Crippen molar-refractivity contribution in [2.75, 3.05) is 27.3 Å². The Bertz CT molecular complexity index is 445. The molecule has 0 N–H and O–H groups in total. The van der Waals surface area contributed by atoms with E-state index in [1.54, 1.807) is 0 Å². The Morgan fingerprint density at radius 1 is 1.14 bits per heavy atom. The summed E-state index contributed by atoms with van der Waals surface area (Å²) in [6, 6.07) is 10.3. The van der Waals surface area contributed by atoms with Crippen LogP contribution in [0, 0.1) is 0 Å². The van der Waals surface area contributed by atoms with Crippen molar-refractivity contribution in [3.8, 4) is 0 Å². The van der Waals surface area contributed by atoms with Gasteiger partial charge >= 0.3 is 135 Å². The molecular formula is C15H26NO3PSe. The van der Waals surface area contributed by atoms with Gasteiger partial charge in [0.2, 0.25) is 0 Å². The molecule has 2 unspecified atom stereocenters.